The van der Waals surface area contributed by atoms with Gasteiger partial charge in [-0.1, -0.05) is 0 Å². The molecule has 0 spiro atoms. The van der Waals surface area contributed by atoms with Crippen molar-refractivity contribution in [2.75, 3.05) is 19.6 Å². The fourth-order valence-electron chi connectivity index (χ4n) is 3.19. The lowest BCUT2D eigenvalue weighted by molar-refractivity contribution is -0.109. The van der Waals surface area contributed by atoms with Gasteiger partial charge in [0.25, 0.3) is 0 Å². The molecule has 0 bridgehead atoms. The third kappa shape index (κ3) is 3.71. The van der Waals surface area contributed by atoms with E-state index in [9.17, 15) is 0 Å². The molecular weight excluding hydrogens is 436 g/mol. The van der Waals surface area contributed by atoms with Gasteiger partial charge in [-0.15, -0.1) is 0 Å². The molecule has 4 aromatic rings. The third-order valence-electron chi connectivity index (χ3n) is 4.70. The number of nitrogens with one attached hydrogen (secondary N) is 1. The number of nitrogen functional groups attached to an aromatic ring is 1. The summed E-state index contributed by atoms with van der Waals surface area (Å²) in [5.41, 5.74) is 8.96. The largest absolute Gasteiger partial charge is 0.368 e. The Morgan fingerprint density at radius 3 is 2.76 bits per heavy atom. The van der Waals surface area contributed by atoms with Crippen LogP contribution in [0.15, 0.2) is 53.5 Å². The van der Waals surface area contributed by atoms with Crippen molar-refractivity contribution < 1.29 is 9.47 Å². The van der Waals surface area contributed by atoms with Crippen LogP contribution in [0.1, 0.15) is 18.2 Å². The molecule has 0 aliphatic heterocycles. The molecule has 0 aliphatic carbocycles. The summed E-state index contributed by atoms with van der Waals surface area (Å²) in [4.78, 5) is 20.6. The van der Waals surface area contributed by atoms with Gasteiger partial charge in [0.15, 0.2) is 0 Å². The molecule has 0 unspecified atom stereocenters. The van der Waals surface area contributed by atoms with E-state index in [2.05, 4.69) is 40.8 Å². The minimum absolute atomic E-state index is 0.0853. The quantitative estimate of drug-likeness (QED) is 0.427. The number of ether oxygens (including phenoxy) is 2. The van der Waals surface area contributed by atoms with E-state index in [0.717, 1.165) is 26.6 Å². The number of rotatable bonds is 6. The molecule has 0 amide bonds. The molecule has 0 aliphatic rings. The Labute approximate surface area is 175 Å². The molecule has 0 saturated heterocycles. The van der Waals surface area contributed by atoms with Crippen LogP contribution >= 0.6 is 15.9 Å². The summed E-state index contributed by atoms with van der Waals surface area (Å²) in [5.74, 6) is 0.149. The Morgan fingerprint density at radius 2 is 2.00 bits per heavy atom. The van der Waals surface area contributed by atoms with Gasteiger partial charge in [-0.25, -0.2) is 15.0 Å². The van der Waals surface area contributed by atoms with Gasteiger partial charge in [-0.3, -0.25) is 4.98 Å². The number of pyridine rings is 2. The van der Waals surface area contributed by atoms with Gasteiger partial charge < -0.3 is 20.2 Å². The highest BCUT2D eigenvalue weighted by atomic mass is 79.9. The first kappa shape index (κ1) is 19.4. The first-order valence-electron chi connectivity index (χ1n) is 8.82. The Kier molecular flexibility index (Phi) is 5.27. The summed E-state index contributed by atoms with van der Waals surface area (Å²) in [7, 11) is 1.57. The standard InChI is InChI=1S/C20H19BrN6O2/c1-20(29-11-28-2,12-3-5-23-6-4-12)17-8-16(26-19(22)27-17)15-10-25-18-14(15)7-13(21)9-24-18/h3-10H,11H2,1-2H3,(H,24,25)(H2,22,26,27)/t20-/m0/s1. The smallest absolute Gasteiger partial charge is 0.220 e. The van der Waals surface area contributed by atoms with Gasteiger partial charge in [0.2, 0.25) is 5.95 Å². The van der Waals surface area contributed by atoms with Gasteiger partial charge in [-0.2, -0.15) is 0 Å². The van der Waals surface area contributed by atoms with E-state index >= 15 is 0 Å². The zero-order valence-electron chi connectivity index (χ0n) is 15.9. The van der Waals surface area contributed by atoms with Gasteiger partial charge in [-0.05, 0) is 52.7 Å². The van der Waals surface area contributed by atoms with E-state index in [4.69, 9.17) is 15.2 Å². The highest BCUT2D eigenvalue weighted by Crippen LogP contribution is 2.35. The van der Waals surface area contributed by atoms with Crippen LogP contribution in [-0.4, -0.2) is 38.8 Å². The monoisotopic (exact) mass is 454 g/mol. The van der Waals surface area contributed by atoms with E-state index in [1.807, 2.05) is 37.4 Å². The van der Waals surface area contributed by atoms with Gasteiger partial charge in [0.1, 0.15) is 18.0 Å². The van der Waals surface area contributed by atoms with Crippen LogP contribution in [0.3, 0.4) is 0 Å². The Hall–Kier alpha value is -2.88. The molecule has 3 N–H and O–H groups in total. The second-order valence-electron chi connectivity index (χ2n) is 6.57. The maximum absolute atomic E-state index is 6.09. The summed E-state index contributed by atoms with van der Waals surface area (Å²) in [6, 6.07) is 7.60. The summed E-state index contributed by atoms with van der Waals surface area (Å²) in [5, 5.41) is 0.923. The molecule has 1 atom stereocenters. The number of anilines is 1. The third-order valence-corrected chi connectivity index (χ3v) is 5.14. The van der Waals surface area contributed by atoms with Gasteiger partial charge >= 0.3 is 0 Å². The van der Waals surface area contributed by atoms with Crippen molar-refractivity contribution in [3.63, 3.8) is 0 Å². The highest BCUT2D eigenvalue weighted by molar-refractivity contribution is 9.10. The topological polar surface area (TPSA) is 112 Å². The lowest BCUT2D eigenvalue weighted by atomic mass is 9.92. The molecule has 0 saturated carbocycles. The average molecular weight is 455 g/mol. The van der Waals surface area contributed by atoms with Crippen molar-refractivity contribution in [2.24, 2.45) is 0 Å². The molecule has 0 radical (unpaired) electrons. The fraction of sp³-hybridized carbons (Fsp3) is 0.200. The molecule has 29 heavy (non-hydrogen) atoms. The van der Waals surface area contributed by atoms with Crippen LogP contribution in [0.5, 0.6) is 0 Å². The molecule has 4 heterocycles. The van der Waals surface area contributed by atoms with Crippen molar-refractivity contribution >= 4 is 32.9 Å². The molecule has 148 valence electrons. The maximum Gasteiger partial charge on any atom is 0.220 e. The number of H-pyrrole nitrogens is 1. The summed E-state index contributed by atoms with van der Waals surface area (Å²) in [6.45, 7) is 2.00. The van der Waals surface area contributed by atoms with Crippen LogP contribution in [0.4, 0.5) is 5.95 Å². The van der Waals surface area contributed by atoms with E-state index in [1.165, 1.54) is 0 Å². The van der Waals surface area contributed by atoms with Gasteiger partial charge in [0, 0.05) is 47.3 Å². The number of hydrogen-bond donors (Lipinski definition) is 2. The predicted molar refractivity (Wildman–Crippen MR) is 113 cm³/mol. The van der Waals surface area contributed by atoms with Crippen molar-refractivity contribution in [3.8, 4) is 11.3 Å². The number of halogens is 1. The van der Waals surface area contributed by atoms with Crippen LogP contribution in [0, 0.1) is 0 Å². The van der Waals surface area contributed by atoms with Crippen molar-refractivity contribution in [3.05, 3.63) is 64.8 Å². The Balaban J connectivity index is 1.88. The fourth-order valence-corrected chi connectivity index (χ4v) is 3.52. The summed E-state index contributed by atoms with van der Waals surface area (Å²) < 4.78 is 12.1. The Bertz CT molecular complexity index is 1150. The molecular formula is C20H19BrN6O2. The molecule has 4 aromatic heterocycles. The normalized spacial score (nSPS) is 13.5. The molecule has 0 fully saturated rings. The highest BCUT2D eigenvalue weighted by Gasteiger charge is 2.33. The minimum atomic E-state index is -0.907. The summed E-state index contributed by atoms with van der Waals surface area (Å²) in [6.07, 6.45) is 7.01. The first-order valence-corrected chi connectivity index (χ1v) is 9.62. The van der Waals surface area contributed by atoms with Crippen molar-refractivity contribution in [2.45, 2.75) is 12.5 Å². The van der Waals surface area contributed by atoms with E-state index in [0.29, 0.717) is 11.4 Å². The number of hydrogen-bond acceptors (Lipinski definition) is 7. The Morgan fingerprint density at radius 1 is 1.21 bits per heavy atom. The molecule has 4 rings (SSSR count). The zero-order valence-corrected chi connectivity index (χ0v) is 17.5. The van der Waals surface area contributed by atoms with Crippen LogP contribution in [0.2, 0.25) is 0 Å². The number of nitrogens with two attached hydrogens (primary N) is 1. The van der Waals surface area contributed by atoms with Crippen molar-refractivity contribution in [1.82, 2.24) is 24.9 Å². The second kappa shape index (κ2) is 7.86. The molecule has 9 heteroatoms. The number of fused-ring (bicyclic) bond motifs is 1. The lowest BCUT2D eigenvalue weighted by Crippen LogP contribution is -2.30. The zero-order chi connectivity index (χ0) is 20.4. The lowest BCUT2D eigenvalue weighted by Gasteiger charge is -2.29. The van der Waals surface area contributed by atoms with Crippen LogP contribution in [-0.2, 0) is 15.1 Å². The molecule has 8 nitrogen and oxygen atoms in total. The van der Waals surface area contributed by atoms with E-state index in [1.54, 1.807) is 25.7 Å². The minimum Gasteiger partial charge on any atom is -0.368 e. The SMILES string of the molecule is COCO[C@@](C)(c1ccncc1)c1cc(-c2c[nH]c3ncc(Br)cc23)nc(N)n1. The van der Waals surface area contributed by atoms with Crippen molar-refractivity contribution in [1.29, 1.82) is 0 Å². The first-order chi connectivity index (χ1) is 14.0. The molecule has 0 aromatic carbocycles. The number of nitrogens with zero attached hydrogens (tertiary/aromatic N) is 4. The number of methoxy groups -OCH3 is 1. The summed E-state index contributed by atoms with van der Waals surface area (Å²) >= 11 is 3.47. The number of aromatic nitrogens is 5. The van der Waals surface area contributed by atoms with E-state index in [-0.39, 0.29) is 12.7 Å². The average Bonchev–Trinajstić information content (AvgIpc) is 3.15. The van der Waals surface area contributed by atoms with Gasteiger partial charge in [0.05, 0.1) is 11.4 Å². The maximum atomic E-state index is 6.09. The number of aromatic amines is 1. The second-order valence-corrected chi connectivity index (χ2v) is 7.48. The van der Waals surface area contributed by atoms with Crippen LogP contribution < -0.4 is 5.73 Å². The van der Waals surface area contributed by atoms with Crippen LogP contribution in [0.25, 0.3) is 22.3 Å². The predicted octanol–water partition coefficient (Wildman–Crippen LogP) is 3.64. The van der Waals surface area contributed by atoms with E-state index < -0.39 is 5.60 Å².